The van der Waals surface area contributed by atoms with Crippen molar-refractivity contribution in [2.24, 2.45) is 0 Å². The molecule has 0 fully saturated rings. The molecule has 122 valence electrons. The van der Waals surface area contributed by atoms with Gasteiger partial charge in [-0.1, -0.05) is 18.2 Å². The van der Waals surface area contributed by atoms with E-state index in [2.05, 4.69) is 4.90 Å². The van der Waals surface area contributed by atoms with Crippen LogP contribution in [0.5, 0.6) is 0 Å². The van der Waals surface area contributed by atoms with E-state index in [9.17, 15) is 18.0 Å². The standard InChI is InChI=1S/C18H18F3NO/c1-3-22(4-2)14-11-9-13(10-12-14)17(23)15-7-5-6-8-16(15)18(19,20)21/h5-12H,3-4H2,1-2H3. The normalized spacial score (nSPS) is 11.3. The van der Waals surface area contributed by atoms with Crippen LogP contribution in [0.15, 0.2) is 48.5 Å². The summed E-state index contributed by atoms with van der Waals surface area (Å²) in [5.74, 6) is -0.621. The van der Waals surface area contributed by atoms with E-state index in [0.717, 1.165) is 24.8 Å². The number of nitrogens with zero attached hydrogens (tertiary/aromatic N) is 1. The summed E-state index contributed by atoms with van der Waals surface area (Å²) in [6.07, 6.45) is -4.55. The van der Waals surface area contributed by atoms with Gasteiger partial charge in [0.2, 0.25) is 0 Å². The van der Waals surface area contributed by atoms with Crippen molar-refractivity contribution in [3.8, 4) is 0 Å². The van der Waals surface area contributed by atoms with Crippen LogP contribution in [0, 0.1) is 0 Å². The lowest BCUT2D eigenvalue weighted by Crippen LogP contribution is -2.21. The lowest BCUT2D eigenvalue weighted by molar-refractivity contribution is -0.137. The average Bonchev–Trinajstić information content (AvgIpc) is 2.55. The lowest BCUT2D eigenvalue weighted by Gasteiger charge is -2.21. The molecule has 2 nitrogen and oxygen atoms in total. The predicted molar refractivity (Wildman–Crippen MR) is 84.9 cm³/mol. The molecule has 0 heterocycles. The van der Waals surface area contributed by atoms with Crippen molar-refractivity contribution in [3.05, 3.63) is 65.2 Å². The van der Waals surface area contributed by atoms with E-state index in [0.29, 0.717) is 0 Å². The van der Waals surface area contributed by atoms with Crippen LogP contribution in [0.3, 0.4) is 0 Å². The Morgan fingerprint density at radius 3 is 2.04 bits per heavy atom. The van der Waals surface area contributed by atoms with Gasteiger partial charge in [-0.2, -0.15) is 13.2 Å². The van der Waals surface area contributed by atoms with Gasteiger partial charge in [-0.25, -0.2) is 0 Å². The quantitative estimate of drug-likeness (QED) is 0.739. The minimum atomic E-state index is -4.55. The van der Waals surface area contributed by atoms with Crippen LogP contribution in [0.4, 0.5) is 18.9 Å². The number of benzene rings is 2. The van der Waals surface area contributed by atoms with Crippen molar-refractivity contribution in [3.63, 3.8) is 0 Å². The number of carbonyl (C=O) groups excluding carboxylic acids is 1. The highest BCUT2D eigenvalue weighted by atomic mass is 19.4. The molecule has 23 heavy (non-hydrogen) atoms. The first kappa shape index (κ1) is 17.1. The molecule has 5 heteroatoms. The number of alkyl halides is 3. The largest absolute Gasteiger partial charge is 0.417 e. The zero-order valence-electron chi connectivity index (χ0n) is 13.0. The molecular weight excluding hydrogens is 303 g/mol. The highest BCUT2D eigenvalue weighted by molar-refractivity contribution is 6.10. The molecule has 0 spiro atoms. The molecule has 2 rings (SSSR count). The van der Waals surface area contributed by atoms with Crippen LogP contribution in [0.1, 0.15) is 35.3 Å². The molecule has 0 saturated heterocycles. The van der Waals surface area contributed by atoms with Gasteiger partial charge in [-0.05, 0) is 44.2 Å². The third-order valence-corrected chi connectivity index (χ3v) is 3.74. The van der Waals surface area contributed by atoms with E-state index in [4.69, 9.17) is 0 Å². The molecule has 0 N–H and O–H groups in total. The zero-order valence-corrected chi connectivity index (χ0v) is 13.0. The summed E-state index contributed by atoms with van der Waals surface area (Å²) in [5, 5.41) is 0. The second-order valence-electron chi connectivity index (χ2n) is 5.09. The molecule has 0 saturated carbocycles. The van der Waals surface area contributed by atoms with Gasteiger partial charge < -0.3 is 4.90 Å². The van der Waals surface area contributed by atoms with Crippen molar-refractivity contribution >= 4 is 11.5 Å². The van der Waals surface area contributed by atoms with E-state index in [1.807, 2.05) is 13.8 Å². The zero-order chi connectivity index (χ0) is 17.0. The molecule has 0 atom stereocenters. The number of hydrogen-bond acceptors (Lipinski definition) is 2. The molecular formula is C18H18F3NO. The Morgan fingerprint density at radius 2 is 1.52 bits per heavy atom. The van der Waals surface area contributed by atoms with Crippen molar-refractivity contribution in [1.82, 2.24) is 0 Å². The van der Waals surface area contributed by atoms with E-state index in [-0.39, 0.29) is 11.1 Å². The second kappa shape index (κ2) is 6.86. The number of anilines is 1. The summed E-state index contributed by atoms with van der Waals surface area (Å²) in [4.78, 5) is 14.5. The number of hydrogen-bond donors (Lipinski definition) is 0. The van der Waals surface area contributed by atoms with Crippen LogP contribution >= 0.6 is 0 Å². The van der Waals surface area contributed by atoms with Crippen LogP contribution in [0.2, 0.25) is 0 Å². The highest BCUT2D eigenvalue weighted by Gasteiger charge is 2.34. The maximum atomic E-state index is 13.0. The van der Waals surface area contributed by atoms with Crippen LogP contribution in [0.25, 0.3) is 0 Å². The van der Waals surface area contributed by atoms with Gasteiger partial charge in [-0.3, -0.25) is 4.79 Å². The van der Waals surface area contributed by atoms with E-state index >= 15 is 0 Å². The topological polar surface area (TPSA) is 20.3 Å². The van der Waals surface area contributed by atoms with Gasteiger partial charge in [0.1, 0.15) is 0 Å². The SMILES string of the molecule is CCN(CC)c1ccc(C(=O)c2ccccc2C(F)(F)F)cc1. The molecule has 0 bridgehead atoms. The van der Waals surface area contributed by atoms with Crippen LogP contribution < -0.4 is 4.90 Å². The maximum Gasteiger partial charge on any atom is 0.417 e. The first-order valence-electron chi connectivity index (χ1n) is 7.44. The first-order chi connectivity index (χ1) is 10.9. The number of rotatable bonds is 5. The van der Waals surface area contributed by atoms with Crippen molar-refractivity contribution in [2.45, 2.75) is 20.0 Å². The molecule has 0 amide bonds. The van der Waals surface area contributed by atoms with E-state index in [1.165, 1.54) is 18.2 Å². The highest BCUT2D eigenvalue weighted by Crippen LogP contribution is 2.33. The number of ketones is 1. The Kier molecular flexibility index (Phi) is 5.08. The maximum absolute atomic E-state index is 13.0. The van der Waals surface area contributed by atoms with Gasteiger partial charge in [0.25, 0.3) is 0 Å². The Bertz CT molecular complexity index is 673. The summed E-state index contributed by atoms with van der Waals surface area (Å²) >= 11 is 0. The number of halogens is 3. The van der Waals surface area contributed by atoms with E-state index in [1.54, 1.807) is 24.3 Å². The minimum Gasteiger partial charge on any atom is -0.372 e. The fourth-order valence-corrected chi connectivity index (χ4v) is 2.50. The van der Waals surface area contributed by atoms with Crippen LogP contribution in [-0.2, 0) is 6.18 Å². The molecule has 0 aliphatic heterocycles. The molecule has 0 unspecified atom stereocenters. The predicted octanol–water partition coefficient (Wildman–Crippen LogP) is 4.78. The summed E-state index contributed by atoms with van der Waals surface area (Å²) in [6, 6.07) is 11.5. The molecule has 0 aromatic heterocycles. The lowest BCUT2D eigenvalue weighted by atomic mass is 9.98. The Hall–Kier alpha value is -2.30. The Balaban J connectivity index is 2.35. The third kappa shape index (κ3) is 3.73. The molecule has 0 radical (unpaired) electrons. The smallest absolute Gasteiger partial charge is 0.372 e. The van der Waals surface area contributed by atoms with Gasteiger partial charge in [0.05, 0.1) is 5.56 Å². The van der Waals surface area contributed by atoms with Crippen molar-refractivity contribution < 1.29 is 18.0 Å². The molecule has 0 aliphatic rings. The monoisotopic (exact) mass is 321 g/mol. The summed E-state index contributed by atoms with van der Waals surface area (Å²) in [5.41, 5.74) is -0.0401. The average molecular weight is 321 g/mol. The summed E-state index contributed by atoms with van der Waals surface area (Å²) in [6.45, 7) is 5.67. The first-order valence-corrected chi connectivity index (χ1v) is 7.44. The summed E-state index contributed by atoms with van der Waals surface area (Å²) < 4.78 is 39.1. The Labute approximate surface area is 133 Å². The number of carbonyl (C=O) groups is 1. The second-order valence-corrected chi connectivity index (χ2v) is 5.09. The summed E-state index contributed by atoms with van der Waals surface area (Å²) in [7, 11) is 0. The fraction of sp³-hybridized carbons (Fsp3) is 0.278. The van der Waals surface area contributed by atoms with Gasteiger partial charge >= 0.3 is 6.18 Å². The third-order valence-electron chi connectivity index (χ3n) is 3.74. The van der Waals surface area contributed by atoms with Gasteiger partial charge in [0, 0.05) is 29.9 Å². The molecule has 2 aromatic rings. The van der Waals surface area contributed by atoms with Gasteiger partial charge in [-0.15, -0.1) is 0 Å². The van der Waals surface area contributed by atoms with Crippen molar-refractivity contribution in [2.75, 3.05) is 18.0 Å². The minimum absolute atomic E-state index is 0.248. The molecule has 2 aromatic carbocycles. The van der Waals surface area contributed by atoms with E-state index < -0.39 is 17.5 Å². The fourth-order valence-electron chi connectivity index (χ4n) is 2.50. The Morgan fingerprint density at radius 1 is 0.957 bits per heavy atom. The van der Waals surface area contributed by atoms with Gasteiger partial charge in [0.15, 0.2) is 5.78 Å². The molecule has 0 aliphatic carbocycles. The van der Waals surface area contributed by atoms with Crippen LogP contribution in [-0.4, -0.2) is 18.9 Å². The van der Waals surface area contributed by atoms with Crippen molar-refractivity contribution in [1.29, 1.82) is 0 Å².